The smallest absolute Gasteiger partial charge is 0.338 e. The number of nitriles is 1. The van der Waals surface area contributed by atoms with E-state index in [2.05, 4.69) is 19.9 Å². The van der Waals surface area contributed by atoms with Gasteiger partial charge in [0.2, 0.25) is 11.6 Å². The van der Waals surface area contributed by atoms with Gasteiger partial charge < -0.3 is 19.3 Å². The highest BCUT2D eigenvalue weighted by atomic mass is 32.2. The van der Waals surface area contributed by atoms with E-state index in [0.717, 1.165) is 23.5 Å². The molecule has 0 saturated carbocycles. The fourth-order valence-electron chi connectivity index (χ4n) is 4.60. The van der Waals surface area contributed by atoms with Crippen molar-refractivity contribution in [1.29, 1.82) is 5.26 Å². The number of hydrogen-bond donors (Lipinski definition) is 1. The van der Waals surface area contributed by atoms with E-state index in [0.29, 0.717) is 22.2 Å². The second kappa shape index (κ2) is 14.2. The molecule has 2 aromatic heterocycles. The molecule has 3 aromatic carbocycles. The maximum atomic E-state index is 16.0. The van der Waals surface area contributed by atoms with E-state index in [1.165, 1.54) is 36.7 Å². The summed E-state index contributed by atoms with van der Waals surface area (Å²) < 4.78 is 48.6. The highest BCUT2D eigenvalue weighted by Crippen LogP contribution is 2.41. The van der Waals surface area contributed by atoms with Crippen LogP contribution in [-0.4, -0.2) is 50.7 Å². The summed E-state index contributed by atoms with van der Waals surface area (Å²) >= 11 is 1.16. The van der Waals surface area contributed by atoms with E-state index in [1.807, 2.05) is 48.3 Å². The van der Waals surface area contributed by atoms with Gasteiger partial charge in [-0.05, 0) is 54.7 Å². The lowest BCUT2D eigenvalue weighted by Gasteiger charge is -2.22. The number of carboxylic acid groups (broad SMARTS) is 1. The van der Waals surface area contributed by atoms with Crippen molar-refractivity contribution in [1.82, 2.24) is 19.9 Å². The second-order valence-electron chi connectivity index (χ2n) is 10.3. The van der Waals surface area contributed by atoms with Crippen LogP contribution in [0, 0.1) is 23.0 Å². The second-order valence-corrected chi connectivity index (χ2v) is 11.4. The maximum Gasteiger partial charge on any atom is 0.338 e. The van der Waals surface area contributed by atoms with Gasteiger partial charge in [-0.1, -0.05) is 30.3 Å². The van der Waals surface area contributed by atoms with Crippen LogP contribution in [-0.2, 0) is 6.61 Å². The SMILES string of the molecule is CN1CC=NC1c1cc(Sc2ncc(C(=O)O)cn2)ccc1Oc1c(F)cnc(Oc2cc(C#N)ccc2OCc2ccccc2)c1F. The molecule has 11 nitrogen and oxygen atoms in total. The third-order valence-corrected chi connectivity index (χ3v) is 7.89. The Morgan fingerprint density at radius 1 is 1.00 bits per heavy atom. The predicted octanol–water partition coefficient (Wildman–Crippen LogP) is 7.05. The van der Waals surface area contributed by atoms with Crippen LogP contribution in [0.15, 0.2) is 100 Å². The van der Waals surface area contributed by atoms with Crippen molar-refractivity contribution in [3.8, 4) is 34.9 Å². The molecule has 240 valence electrons. The largest absolute Gasteiger partial charge is 0.485 e. The fourth-order valence-corrected chi connectivity index (χ4v) is 5.34. The molecule has 0 amide bonds. The average molecular weight is 667 g/mol. The maximum absolute atomic E-state index is 16.0. The van der Waals surface area contributed by atoms with E-state index in [4.69, 9.17) is 19.3 Å². The van der Waals surface area contributed by atoms with E-state index in [1.54, 1.807) is 18.3 Å². The van der Waals surface area contributed by atoms with Gasteiger partial charge in [0.1, 0.15) is 18.5 Å². The van der Waals surface area contributed by atoms with Gasteiger partial charge in [-0.25, -0.2) is 24.1 Å². The first-order chi connectivity index (χ1) is 23.3. The Morgan fingerprint density at radius 2 is 1.77 bits per heavy atom. The van der Waals surface area contributed by atoms with Gasteiger partial charge in [0, 0.05) is 41.7 Å². The number of hydrogen-bond acceptors (Lipinski definition) is 11. The molecule has 0 radical (unpaired) electrons. The first-order valence-electron chi connectivity index (χ1n) is 14.3. The van der Waals surface area contributed by atoms with E-state index in [-0.39, 0.29) is 35.0 Å². The van der Waals surface area contributed by atoms with Crippen LogP contribution in [0.1, 0.15) is 33.2 Å². The highest BCUT2D eigenvalue weighted by Gasteiger charge is 2.27. The number of ether oxygens (including phenoxy) is 3. The van der Waals surface area contributed by atoms with Gasteiger partial charge in [-0.3, -0.25) is 9.89 Å². The molecule has 3 heterocycles. The molecule has 48 heavy (non-hydrogen) atoms. The summed E-state index contributed by atoms with van der Waals surface area (Å²) in [6.07, 6.45) is 4.36. The van der Waals surface area contributed by atoms with Gasteiger partial charge in [-0.15, -0.1) is 0 Å². The van der Waals surface area contributed by atoms with Crippen LogP contribution >= 0.6 is 11.8 Å². The van der Waals surface area contributed by atoms with Crippen LogP contribution < -0.4 is 14.2 Å². The predicted molar refractivity (Wildman–Crippen MR) is 170 cm³/mol. The van der Waals surface area contributed by atoms with Crippen molar-refractivity contribution >= 4 is 23.9 Å². The minimum Gasteiger partial charge on any atom is -0.485 e. The molecule has 1 atom stereocenters. The lowest BCUT2D eigenvalue weighted by molar-refractivity contribution is 0.0695. The molecule has 0 spiro atoms. The van der Waals surface area contributed by atoms with E-state index in [9.17, 15) is 10.1 Å². The van der Waals surface area contributed by atoms with Gasteiger partial charge in [-0.2, -0.15) is 9.65 Å². The first-order valence-corrected chi connectivity index (χ1v) is 15.1. The number of carboxylic acids is 1. The minimum atomic E-state index is -1.22. The van der Waals surface area contributed by atoms with Gasteiger partial charge in [0.25, 0.3) is 5.88 Å². The zero-order valence-corrected chi connectivity index (χ0v) is 25.9. The molecule has 6 rings (SSSR count). The number of halogens is 2. The van der Waals surface area contributed by atoms with Crippen molar-refractivity contribution in [2.45, 2.75) is 22.8 Å². The van der Waals surface area contributed by atoms with Crippen molar-refractivity contribution in [2.75, 3.05) is 13.6 Å². The van der Waals surface area contributed by atoms with Gasteiger partial charge >= 0.3 is 5.97 Å². The van der Waals surface area contributed by atoms with Gasteiger partial charge in [0.15, 0.2) is 22.5 Å². The zero-order valence-electron chi connectivity index (χ0n) is 25.1. The summed E-state index contributed by atoms with van der Waals surface area (Å²) in [7, 11) is 1.83. The number of carbonyl (C=O) groups is 1. The Hall–Kier alpha value is -5.91. The lowest BCUT2D eigenvalue weighted by Crippen LogP contribution is -2.19. The molecule has 1 aliphatic rings. The molecule has 0 aliphatic carbocycles. The summed E-state index contributed by atoms with van der Waals surface area (Å²) in [5, 5.41) is 18.9. The standard InChI is InChI=1S/C34H24F2N6O5S/c1-42-12-11-38-31(42)24-14-23(48-34-40-16-22(17-41-34)33(43)44)8-10-26(24)46-30-25(35)18-39-32(29(30)36)47-28-13-21(15-37)7-9-27(28)45-19-20-5-3-2-4-6-20/h2-11,13-14,16-18,31H,12,19H2,1H3,(H,43,44). The molecule has 0 saturated heterocycles. The summed E-state index contributed by atoms with van der Waals surface area (Å²) in [5.74, 6) is -4.47. The van der Waals surface area contributed by atoms with E-state index >= 15 is 8.78 Å². The topological polar surface area (TPSA) is 143 Å². The van der Waals surface area contributed by atoms with Gasteiger partial charge in [0.05, 0.1) is 23.4 Å². The molecular weight excluding hydrogens is 642 g/mol. The van der Waals surface area contributed by atoms with Crippen molar-refractivity contribution in [3.63, 3.8) is 0 Å². The molecular formula is C34H24F2N6O5S. The first kappa shape index (κ1) is 32.0. The number of nitrogens with zero attached hydrogens (tertiary/aromatic N) is 6. The van der Waals surface area contributed by atoms with Crippen molar-refractivity contribution < 1.29 is 32.9 Å². The average Bonchev–Trinajstić information content (AvgIpc) is 3.53. The van der Waals surface area contributed by atoms with Crippen molar-refractivity contribution in [3.05, 3.63) is 119 Å². The summed E-state index contributed by atoms with van der Waals surface area (Å²) in [5.41, 5.74) is 1.54. The summed E-state index contributed by atoms with van der Waals surface area (Å²) in [6, 6.07) is 20.7. The zero-order chi connectivity index (χ0) is 33.6. The number of benzene rings is 3. The Balaban J connectivity index is 1.30. The van der Waals surface area contributed by atoms with E-state index < -0.39 is 35.4 Å². The fraction of sp³-hybridized carbons (Fsp3) is 0.118. The number of aliphatic imine (C=N–C) groups is 1. The van der Waals surface area contributed by atoms with Crippen LogP contribution in [0.5, 0.6) is 28.9 Å². The van der Waals surface area contributed by atoms with Crippen LogP contribution in [0.25, 0.3) is 0 Å². The summed E-state index contributed by atoms with van der Waals surface area (Å²) in [6.45, 7) is 0.708. The van der Waals surface area contributed by atoms with Crippen LogP contribution in [0.4, 0.5) is 8.78 Å². The molecule has 5 aromatic rings. The normalized spacial score (nSPS) is 14.0. The third kappa shape index (κ3) is 7.22. The monoisotopic (exact) mass is 666 g/mol. The van der Waals surface area contributed by atoms with Crippen LogP contribution in [0.3, 0.4) is 0 Å². The Bertz CT molecular complexity index is 2040. The quantitative estimate of drug-likeness (QED) is 0.145. The molecule has 14 heteroatoms. The van der Waals surface area contributed by atoms with Crippen molar-refractivity contribution in [2.24, 2.45) is 4.99 Å². The number of aromatic nitrogens is 3. The molecule has 1 aliphatic heterocycles. The number of pyridine rings is 1. The molecule has 1 unspecified atom stereocenters. The Labute approximate surface area is 277 Å². The molecule has 1 N–H and O–H groups in total. The Morgan fingerprint density at radius 3 is 2.48 bits per heavy atom. The lowest BCUT2D eigenvalue weighted by atomic mass is 10.1. The third-order valence-electron chi connectivity index (χ3n) is 7.01. The molecule has 0 fully saturated rings. The molecule has 0 bridgehead atoms. The van der Waals surface area contributed by atoms with Crippen LogP contribution in [0.2, 0.25) is 0 Å². The highest BCUT2D eigenvalue weighted by molar-refractivity contribution is 7.99. The summed E-state index contributed by atoms with van der Waals surface area (Å²) in [4.78, 5) is 30.2. The Kier molecular flexibility index (Phi) is 9.51. The number of aromatic carboxylic acids is 1. The minimum absolute atomic E-state index is 0.00321. The number of rotatable bonds is 11.